The average molecular weight is 148 g/mol. The van der Waals surface area contributed by atoms with Gasteiger partial charge in [-0.15, -0.1) is 0 Å². The molecule has 0 atom stereocenters. The Hall–Kier alpha value is -1.57. The second kappa shape index (κ2) is 4.28. The van der Waals surface area contributed by atoms with E-state index in [2.05, 4.69) is 0 Å². The highest BCUT2D eigenvalue weighted by molar-refractivity contribution is 5.65. The number of carbonyl (C=O) groups is 1. The van der Waals surface area contributed by atoms with Gasteiger partial charge in [0.25, 0.3) is 0 Å². The first-order valence-corrected chi connectivity index (χ1v) is 3.25. The summed E-state index contributed by atoms with van der Waals surface area (Å²) < 4.78 is 5.00. The Morgan fingerprint density at radius 1 is 1.27 bits per heavy atom. The predicted octanol–water partition coefficient (Wildman–Crippen LogP) is 2.05. The van der Waals surface area contributed by atoms with Crippen LogP contribution in [0.3, 0.4) is 0 Å². The van der Waals surface area contributed by atoms with Gasteiger partial charge in [0.2, 0.25) is 0 Å². The normalized spacial score (nSPS) is 11.3. The van der Waals surface area contributed by atoms with Gasteiger partial charge in [-0.2, -0.15) is 0 Å². The van der Waals surface area contributed by atoms with Crippen molar-refractivity contribution >= 4 is 12.4 Å². The average Bonchev–Trinajstić information content (AvgIpc) is 2.50. The molecule has 2 heteroatoms. The molecule has 0 saturated carbocycles. The summed E-state index contributed by atoms with van der Waals surface area (Å²) in [6.45, 7) is 0. The highest BCUT2D eigenvalue weighted by Crippen LogP contribution is 2.01. The fourth-order valence-electron chi connectivity index (χ4n) is 0.646. The largest absolute Gasteiger partial charge is 0.465 e. The minimum absolute atomic E-state index is 0.729. The van der Waals surface area contributed by atoms with E-state index in [1.807, 2.05) is 12.1 Å². The minimum Gasteiger partial charge on any atom is -0.465 e. The van der Waals surface area contributed by atoms with E-state index < -0.39 is 0 Å². The van der Waals surface area contributed by atoms with Crippen LogP contribution in [0, 0.1) is 0 Å². The maximum absolute atomic E-state index is 9.82. The van der Waals surface area contributed by atoms with Crippen molar-refractivity contribution in [3.8, 4) is 0 Å². The molecule has 2 nitrogen and oxygen atoms in total. The quantitative estimate of drug-likeness (QED) is 0.373. The summed E-state index contributed by atoms with van der Waals surface area (Å²) in [5.41, 5.74) is 0. The van der Waals surface area contributed by atoms with Crippen LogP contribution in [0.2, 0.25) is 0 Å². The van der Waals surface area contributed by atoms with Crippen molar-refractivity contribution in [2.24, 2.45) is 0 Å². The number of hydrogen-bond donors (Lipinski definition) is 0. The van der Waals surface area contributed by atoms with Crippen LogP contribution < -0.4 is 0 Å². The number of rotatable bonds is 3. The molecule has 0 spiro atoms. The predicted molar refractivity (Wildman–Crippen MR) is 42.9 cm³/mol. The van der Waals surface area contributed by atoms with E-state index in [9.17, 15) is 4.79 Å². The molecule has 0 aliphatic heterocycles. The number of aldehydes is 1. The summed E-state index contributed by atoms with van der Waals surface area (Å²) in [6, 6.07) is 3.65. The van der Waals surface area contributed by atoms with Crippen LogP contribution >= 0.6 is 0 Å². The molecule has 1 aromatic rings. The van der Waals surface area contributed by atoms with E-state index in [1.165, 1.54) is 6.08 Å². The third-order valence-corrected chi connectivity index (χ3v) is 1.10. The molecule has 0 aromatic carbocycles. The molecule has 0 fully saturated rings. The van der Waals surface area contributed by atoms with Crippen molar-refractivity contribution in [2.45, 2.75) is 0 Å². The van der Waals surface area contributed by atoms with Crippen molar-refractivity contribution in [1.29, 1.82) is 0 Å². The molecule has 0 amide bonds. The summed E-state index contributed by atoms with van der Waals surface area (Å²) in [5.74, 6) is 0.778. The zero-order valence-corrected chi connectivity index (χ0v) is 5.94. The maximum atomic E-state index is 9.82. The highest BCUT2D eigenvalue weighted by atomic mass is 16.3. The van der Waals surface area contributed by atoms with E-state index in [0.717, 1.165) is 12.0 Å². The molecule has 0 aliphatic carbocycles. The standard InChI is InChI=1S/C9H8O2/c10-7-3-1-2-5-9-6-4-8-11-9/h1-8H/b3-1+,5-2+. The molecular weight excluding hydrogens is 140 g/mol. The van der Waals surface area contributed by atoms with E-state index in [4.69, 9.17) is 4.42 Å². The Morgan fingerprint density at radius 3 is 2.82 bits per heavy atom. The molecule has 0 bridgehead atoms. The fourth-order valence-corrected chi connectivity index (χ4v) is 0.646. The summed E-state index contributed by atoms with van der Waals surface area (Å²) in [6.07, 6.45) is 8.91. The van der Waals surface area contributed by atoms with Gasteiger partial charge < -0.3 is 4.42 Å². The Bertz CT molecular complexity index is 255. The summed E-state index contributed by atoms with van der Waals surface area (Å²) in [7, 11) is 0. The van der Waals surface area contributed by atoms with E-state index in [-0.39, 0.29) is 0 Å². The summed E-state index contributed by atoms with van der Waals surface area (Å²) in [5, 5.41) is 0. The lowest BCUT2D eigenvalue weighted by molar-refractivity contribution is -0.104. The van der Waals surface area contributed by atoms with Crippen molar-refractivity contribution in [3.05, 3.63) is 42.4 Å². The number of carbonyl (C=O) groups excluding carboxylic acids is 1. The first-order valence-electron chi connectivity index (χ1n) is 3.25. The lowest BCUT2D eigenvalue weighted by atomic mass is 10.4. The molecule has 1 heterocycles. The Labute approximate surface area is 64.8 Å². The molecule has 56 valence electrons. The minimum atomic E-state index is 0.729. The Kier molecular flexibility index (Phi) is 2.93. The van der Waals surface area contributed by atoms with Gasteiger partial charge in [-0.3, -0.25) is 4.79 Å². The van der Waals surface area contributed by atoms with Crippen LogP contribution in [0.4, 0.5) is 0 Å². The van der Waals surface area contributed by atoms with Crippen molar-refractivity contribution < 1.29 is 9.21 Å². The number of allylic oxidation sites excluding steroid dienone is 3. The van der Waals surface area contributed by atoms with Gasteiger partial charge in [-0.25, -0.2) is 0 Å². The van der Waals surface area contributed by atoms with Gasteiger partial charge >= 0.3 is 0 Å². The molecule has 0 unspecified atom stereocenters. The molecule has 0 aliphatic rings. The lowest BCUT2D eigenvalue weighted by Gasteiger charge is -1.78. The van der Waals surface area contributed by atoms with Gasteiger partial charge in [0.15, 0.2) is 0 Å². The maximum Gasteiger partial charge on any atom is 0.142 e. The second-order valence-corrected chi connectivity index (χ2v) is 1.90. The zero-order chi connectivity index (χ0) is 7.94. The monoisotopic (exact) mass is 148 g/mol. The van der Waals surface area contributed by atoms with Gasteiger partial charge in [0.05, 0.1) is 6.26 Å². The van der Waals surface area contributed by atoms with E-state index in [1.54, 1.807) is 24.5 Å². The lowest BCUT2D eigenvalue weighted by Crippen LogP contribution is -1.59. The first kappa shape index (κ1) is 7.54. The van der Waals surface area contributed by atoms with Crippen LogP contribution in [0.25, 0.3) is 6.08 Å². The van der Waals surface area contributed by atoms with Crippen molar-refractivity contribution in [1.82, 2.24) is 0 Å². The van der Waals surface area contributed by atoms with Crippen molar-refractivity contribution in [3.63, 3.8) is 0 Å². The number of furan rings is 1. The molecule has 0 radical (unpaired) electrons. The van der Waals surface area contributed by atoms with E-state index >= 15 is 0 Å². The number of hydrogen-bond acceptors (Lipinski definition) is 2. The third-order valence-electron chi connectivity index (χ3n) is 1.10. The molecule has 1 aromatic heterocycles. The van der Waals surface area contributed by atoms with Gasteiger partial charge in [0, 0.05) is 0 Å². The Morgan fingerprint density at radius 2 is 2.18 bits per heavy atom. The van der Waals surface area contributed by atoms with Gasteiger partial charge in [-0.05, 0) is 24.3 Å². The molecule has 0 N–H and O–H groups in total. The van der Waals surface area contributed by atoms with Gasteiger partial charge in [-0.1, -0.05) is 12.2 Å². The summed E-state index contributed by atoms with van der Waals surface area (Å²) in [4.78, 5) is 9.82. The fraction of sp³-hybridized carbons (Fsp3) is 0. The van der Waals surface area contributed by atoms with Crippen LogP contribution in [0.15, 0.2) is 41.0 Å². The van der Waals surface area contributed by atoms with Crippen LogP contribution in [0.1, 0.15) is 5.76 Å². The van der Waals surface area contributed by atoms with Gasteiger partial charge in [0.1, 0.15) is 12.0 Å². The van der Waals surface area contributed by atoms with E-state index in [0.29, 0.717) is 0 Å². The Balaban J connectivity index is 2.49. The molecule has 11 heavy (non-hydrogen) atoms. The highest BCUT2D eigenvalue weighted by Gasteiger charge is 1.83. The first-order chi connectivity index (χ1) is 5.43. The SMILES string of the molecule is O=C/C=C/C=C/c1ccco1. The van der Waals surface area contributed by atoms with Crippen molar-refractivity contribution in [2.75, 3.05) is 0 Å². The topological polar surface area (TPSA) is 30.2 Å². The third kappa shape index (κ3) is 2.67. The second-order valence-electron chi connectivity index (χ2n) is 1.90. The molecule has 1 rings (SSSR count). The summed E-state index contributed by atoms with van der Waals surface area (Å²) >= 11 is 0. The van der Waals surface area contributed by atoms with Crippen LogP contribution in [-0.2, 0) is 4.79 Å². The van der Waals surface area contributed by atoms with Crippen LogP contribution in [-0.4, -0.2) is 6.29 Å². The molecular formula is C9H8O2. The zero-order valence-electron chi connectivity index (χ0n) is 5.94. The smallest absolute Gasteiger partial charge is 0.142 e. The molecule has 0 saturated heterocycles. The van der Waals surface area contributed by atoms with Crippen LogP contribution in [0.5, 0.6) is 0 Å².